The molecule has 3 aliphatic carbocycles. The van der Waals surface area contributed by atoms with Gasteiger partial charge in [0.1, 0.15) is 12.6 Å². The van der Waals surface area contributed by atoms with Gasteiger partial charge in [-0.25, -0.2) is 4.79 Å². The van der Waals surface area contributed by atoms with Gasteiger partial charge in [0.25, 0.3) is 0 Å². The Balaban J connectivity index is 1.17. The summed E-state index contributed by atoms with van der Waals surface area (Å²) in [4.78, 5) is 37.0. The highest BCUT2D eigenvalue weighted by Crippen LogP contribution is 2.50. The van der Waals surface area contributed by atoms with E-state index in [9.17, 15) is 19.5 Å². The maximum atomic E-state index is 13.0. The lowest BCUT2D eigenvalue weighted by molar-refractivity contribution is -0.141. The second kappa shape index (κ2) is 9.72. The van der Waals surface area contributed by atoms with Gasteiger partial charge in [-0.15, -0.1) is 0 Å². The lowest BCUT2D eigenvalue weighted by Crippen LogP contribution is -2.56. The fourth-order valence-corrected chi connectivity index (χ4v) is 6.22. The molecule has 2 aromatic rings. The van der Waals surface area contributed by atoms with E-state index in [0.717, 1.165) is 35.1 Å². The van der Waals surface area contributed by atoms with E-state index in [0.29, 0.717) is 25.2 Å². The highest BCUT2D eigenvalue weighted by atomic mass is 16.5. The van der Waals surface area contributed by atoms with Gasteiger partial charge in [0, 0.05) is 12.0 Å². The van der Waals surface area contributed by atoms with Crippen molar-refractivity contribution in [3.63, 3.8) is 0 Å². The van der Waals surface area contributed by atoms with Gasteiger partial charge in [-0.3, -0.25) is 9.59 Å². The van der Waals surface area contributed by atoms with Gasteiger partial charge in [-0.2, -0.15) is 0 Å². The molecule has 5 rings (SSSR count). The first-order valence-electron chi connectivity index (χ1n) is 12.6. The predicted molar refractivity (Wildman–Crippen MR) is 131 cm³/mol. The molecule has 0 bridgehead atoms. The highest BCUT2D eigenvalue weighted by Gasteiger charge is 2.50. The van der Waals surface area contributed by atoms with E-state index < -0.39 is 18.1 Å². The fourth-order valence-electron chi connectivity index (χ4n) is 6.22. The number of amides is 2. The summed E-state index contributed by atoms with van der Waals surface area (Å²) in [6.07, 6.45) is 2.77. The van der Waals surface area contributed by atoms with Crippen LogP contribution in [0.4, 0.5) is 4.79 Å². The molecule has 35 heavy (non-hydrogen) atoms. The van der Waals surface area contributed by atoms with Crippen LogP contribution in [0.2, 0.25) is 0 Å². The highest BCUT2D eigenvalue weighted by molar-refractivity contribution is 5.86. The monoisotopic (exact) mass is 476 g/mol. The quantitative estimate of drug-likeness (QED) is 0.527. The van der Waals surface area contributed by atoms with Gasteiger partial charge in [0.2, 0.25) is 5.91 Å². The molecule has 2 amide bonds. The number of hydrogen-bond acceptors (Lipinski definition) is 4. The molecule has 3 aliphatic rings. The molecule has 5 atom stereocenters. The summed E-state index contributed by atoms with van der Waals surface area (Å²) < 4.78 is 5.63. The fraction of sp³-hybridized carbons (Fsp3) is 0.464. The molecule has 0 spiro atoms. The molecule has 7 nitrogen and oxygen atoms in total. The van der Waals surface area contributed by atoms with Crippen LogP contribution in [0.5, 0.6) is 0 Å². The number of fused-ring (bicyclic) bond motifs is 4. The smallest absolute Gasteiger partial charge is 0.407 e. The van der Waals surface area contributed by atoms with E-state index in [2.05, 4.69) is 34.9 Å². The van der Waals surface area contributed by atoms with Gasteiger partial charge in [0.15, 0.2) is 0 Å². The van der Waals surface area contributed by atoms with Gasteiger partial charge in [-0.05, 0) is 59.8 Å². The van der Waals surface area contributed by atoms with Crippen molar-refractivity contribution in [2.24, 2.45) is 17.8 Å². The van der Waals surface area contributed by atoms with E-state index in [1.165, 1.54) is 0 Å². The maximum absolute atomic E-state index is 13.0. The van der Waals surface area contributed by atoms with E-state index in [-0.39, 0.29) is 36.3 Å². The van der Waals surface area contributed by atoms with Crippen molar-refractivity contribution >= 4 is 18.0 Å². The van der Waals surface area contributed by atoms with Gasteiger partial charge in [0.05, 0.1) is 5.92 Å². The average molecular weight is 477 g/mol. The Hall–Kier alpha value is -3.35. The third kappa shape index (κ3) is 4.51. The zero-order chi connectivity index (χ0) is 24.5. The van der Waals surface area contributed by atoms with Crippen molar-refractivity contribution in [2.75, 3.05) is 6.61 Å². The molecule has 2 saturated carbocycles. The van der Waals surface area contributed by atoms with Gasteiger partial charge >= 0.3 is 12.1 Å². The summed E-state index contributed by atoms with van der Waals surface area (Å²) in [5, 5.41) is 15.1. The van der Waals surface area contributed by atoms with Crippen molar-refractivity contribution in [3.05, 3.63) is 59.7 Å². The summed E-state index contributed by atoms with van der Waals surface area (Å²) >= 11 is 0. The van der Waals surface area contributed by atoms with E-state index in [1.54, 1.807) is 0 Å². The van der Waals surface area contributed by atoms with Gasteiger partial charge < -0.3 is 20.5 Å². The first kappa shape index (κ1) is 23.4. The van der Waals surface area contributed by atoms with Crippen LogP contribution in [0.15, 0.2) is 48.5 Å². The molecule has 3 N–H and O–H groups in total. The predicted octanol–water partition coefficient (Wildman–Crippen LogP) is 4.31. The zero-order valence-corrected chi connectivity index (χ0v) is 19.9. The molecule has 0 heterocycles. The van der Waals surface area contributed by atoms with Crippen LogP contribution in [0.25, 0.3) is 11.1 Å². The largest absolute Gasteiger partial charge is 0.481 e. The minimum atomic E-state index is -0.745. The second-order valence-corrected chi connectivity index (χ2v) is 10.1. The molecule has 0 saturated heterocycles. The van der Waals surface area contributed by atoms with Crippen LogP contribution in [0, 0.1) is 17.8 Å². The third-order valence-corrected chi connectivity index (χ3v) is 8.03. The summed E-state index contributed by atoms with van der Waals surface area (Å²) in [6, 6.07) is 15.6. The third-order valence-electron chi connectivity index (χ3n) is 8.03. The molecule has 0 radical (unpaired) electrons. The molecule has 2 fully saturated rings. The Kier molecular flexibility index (Phi) is 6.50. The Bertz CT molecular complexity index is 1090. The molecule has 7 heteroatoms. The molecule has 1 unspecified atom stereocenters. The van der Waals surface area contributed by atoms with E-state index in [4.69, 9.17) is 4.74 Å². The van der Waals surface area contributed by atoms with Crippen LogP contribution in [-0.2, 0) is 14.3 Å². The summed E-state index contributed by atoms with van der Waals surface area (Å²) in [7, 11) is 0. The minimum Gasteiger partial charge on any atom is -0.481 e. The SMILES string of the molecule is CCC[C@@H](NC(=O)OCC1c2ccccc2-c2ccccc21)C(=O)N[C@H]1C[C@H]2CC(C(=O)O)C[C@H]21. The minimum absolute atomic E-state index is 0.0134. The summed E-state index contributed by atoms with van der Waals surface area (Å²) in [5.41, 5.74) is 4.60. The number of rotatable bonds is 8. The number of alkyl carbamates (subject to hydrolysis) is 1. The van der Waals surface area contributed by atoms with Crippen molar-refractivity contribution in [1.29, 1.82) is 0 Å². The van der Waals surface area contributed by atoms with Gasteiger partial charge in [-0.1, -0.05) is 61.9 Å². The number of carbonyl (C=O) groups excluding carboxylic acids is 2. The number of carboxylic acids is 1. The van der Waals surface area contributed by atoms with Crippen LogP contribution in [0.1, 0.15) is 56.1 Å². The number of carbonyl (C=O) groups is 3. The molecule has 0 aliphatic heterocycles. The lowest BCUT2D eigenvalue weighted by Gasteiger charge is -2.41. The average Bonchev–Trinajstić information content (AvgIpc) is 3.36. The number of hydrogen-bond donors (Lipinski definition) is 3. The Morgan fingerprint density at radius 2 is 1.66 bits per heavy atom. The number of benzene rings is 2. The molecule has 0 aromatic heterocycles. The Morgan fingerprint density at radius 3 is 2.29 bits per heavy atom. The number of aliphatic carboxylic acids is 1. The van der Waals surface area contributed by atoms with E-state index in [1.807, 2.05) is 31.2 Å². The lowest BCUT2D eigenvalue weighted by atomic mass is 9.71. The van der Waals surface area contributed by atoms with Crippen LogP contribution < -0.4 is 10.6 Å². The number of carboxylic acid groups (broad SMARTS) is 1. The maximum Gasteiger partial charge on any atom is 0.407 e. The summed E-state index contributed by atoms with van der Waals surface area (Å²) in [6.45, 7) is 2.16. The second-order valence-electron chi connectivity index (χ2n) is 10.1. The van der Waals surface area contributed by atoms with Crippen molar-refractivity contribution in [3.8, 4) is 11.1 Å². The normalized spacial score (nSPS) is 24.9. The Labute approximate surface area is 205 Å². The Morgan fingerprint density at radius 1 is 1.00 bits per heavy atom. The van der Waals surface area contributed by atoms with Crippen molar-refractivity contribution in [2.45, 2.75) is 57.0 Å². The molecular weight excluding hydrogens is 444 g/mol. The first-order chi connectivity index (χ1) is 17.0. The molecule has 2 aromatic carbocycles. The van der Waals surface area contributed by atoms with E-state index >= 15 is 0 Å². The first-order valence-corrected chi connectivity index (χ1v) is 12.6. The standard InChI is InChI=1S/C28H32N2O5/c1-2-7-24(26(31)29-25-14-16-12-17(27(32)33)13-22(16)25)30-28(34)35-15-23-20-10-5-3-8-18(20)19-9-4-6-11-21(19)23/h3-6,8-11,16-17,22-25H,2,7,12-15H2,1H3,(H,29,31)(H,30,34)(H,32,33)/t16-,17?,22-,24-,25+/m1/s1. The van der Waals surface area contributed by atoms with Crippen molar-refractivity contribution in [1.82, 2.24) is 10.6 Å². The van der Waals surface area contributed by atoms with Crippen LogP contribution in [-0.4, -0.2) is 41.8 Å². The number of ether oxygens (including phenoxy) is 1. The van der Waals surface area contributed by atoms with Crippen molar-refractivity contribution < 1.29 is 24.2 Å². The molecular formula is C28H32N2O5. The zero-order valence-electron chi connectivity index (χ0n) is 19.9. The van der Waals surface area contributed by atoms with Crippen LogP contribution >= 0.6 is 0 Å². The topological polar surface area (TPSA) is 105 Å². The summed E-state index contributed by atoms with van der Waals surface area (Å²) in [5.74, 6) is -0.717. The molecule has 184 valence electrons. The number of nitrogens with one attached hydrogen (secondary N) is 2. The van der Waals surface area contributed by atoms with Crippen LogP contribution in [0.3, 0.4) is 0 Å².